The van der Waals surface area contributed by atoms with Gasteiger partial charge in [-0.15, -0.1) is 0 Å². The number of nitrogens with zero attached hydrogens (tertiary/aromatic N) is 1. The van der Waals surface area contributed by atoms with E-state index in [2.05, 4.69) is 22.7 Å². The molecule has 0 amide bonds. The van der Waals surface area contributed by atoms with Crippen LogP contribution in [0.2, 0.25) is 0 Å². The molecule has 1 aromatic rings. The molecule has 0 spiro atoms. The van der Waals surface area contributed by atoms with Gasteiger partial charge in [-0.2, -0.15) is 5.10 Å². The van der Waals surface area contributed by atoms with Gasteiger partial charge in [0, 0.05) is 17.7 Å². The molecule has 0 aliphatic carbocycles. The first-order valence-corrected chi connectivity index (χ1v) is 5.77. The number of rotatable bonds is 7. The van der Waals surface area contributed by atoms with Crippen molar-refractivity contribution in [3.8, 4) is 5.75 Å². The van der Waals surface area contributed by atoms with Crippen molar-refractivity contribution in [3.63, 3.8) is 0 Å². The smallest absolute Gasteiger partial charge is 0.320 e. The summed E-state index contributed by atoms with van der Waals surface area (Å²) in [4.78, 5) is 10.6. The summed E-state index contributed by atoms with van der Waals surface area (Å²) in [5, 5.41) is 12.6. The zero-order valence-electron chi connectivity index (χ0n) is 10.9. The molecule has 1 aromatic carbocycles. The lowest BCUT2D eigenvalue weighted by Gasteiger charge is -2.05. The highest BCUT2D eigenvalue weighted by atomic mass is 16.5. The topological polar surface area (TPSA) is 96.9 Å². The number of carbonyl (C=O) groups is 1. The van der Waals surface area contributed by atoms with Crippen molar-refractivity contribution in [3.05, 3.63) is 29.8 Å². The van der Waals surface area contributed by atoms with Gasteiger partial charge in [-0.25, -0.2) is 0 Å². The second-order valence-electron chi connectivity index (χ2n) is 4.13. The van der Waals surface area contributed by atoms with Crippen molar-refractivity contribution in [1.82, 2.24) is 5.43 Å². The van der Waals surface area contributed by atoms with Crippen LogP contribution in [0, 0.1) is 12.1 Å². The number of hydrogen-bond acceptors (Lipinski definition) is 5. The van der Waals surface area contributed by atoms with Crippen molar-refractivity contribution in [2.24, 2.45) is 10.8 Å². The quantitative estimate of drug-likeness (QED) is 0.289. The molecule has 0 saturated carbocycles. The molecule has 0 heterocycles. The third kappa shape index (κ3) is 5.75. The molecule has 1 unspecified atom stereocenters. The average molecular weight is 263 g/mol. The third-order valence-corrected chi connectivity index (χ3v) is 2.13. The van der Waals surface area contributed by atoms with E-state index in [1.165, 1.54) is 0 Å². The molecule has 1 rings (SSSR count). The lowest BCUT2D eigenvalue weighted by molar-refractivity contribution is -0.138. The van der Waals surface area contributed by atoms with E-state index in [1.807, 2.05) is 13.8 Å². The van der Waals surface area contributed by atoms with Crippen LogP contribution in [-0.4, -0.2) is 29.6 Å². The Labute approximate surface area is 112 Å². The molecule has 4 N–H and O–H groups in total. The predicted molar refractivity (Wildman–Crippen MR) is 70.8 cm³/mol. The average Bonchev–Trinajstić information content (AvgIpc) is 2.36. The molecule has 102 valence electrons. The number of hydrogen-bond donors (Lipinski definition) is 3. The molecule has 6 heteroatoms. The summed E-state index contributed by atoms with van der Waals surface area (Å²) < 4.78 is 5.31. The predicted octanol–water partition coefficient (Wildman–Crippen LogP) is 0.563. The molecule has 0 aliphatic heterocycles. The van der Waals surface area contributed by atoms with Crippen molar-refractivity contribution < 1.29 is 14.6 Å². The summed E-state index contributed by atoms with van der Waals surface area (Å²) in [5.74, 6) is -0.533. The second kappa shape index (κ2) is 7.24. The summed E-state index contributed by atoms with van der Waals surface area (Å²) in [6.45, 7) is 3.96. The monoisotopic (exact) mass is 263 g/mol. The molecule has 0 fully saturated rings. The van der Waals surface area contributed by atoms with Crippen LogP contribution in [0.5, 0.6) is 5.75 Å². The Hall–Kier alpha value is -2.26. The highest BCUT2D eigenvalue weighted by molar-refractivity contribution is 5.78. The van der Waals surface area contributed by atoms with Crippen LogP contribution >= 0.6 is 0 Å². The molecule has 0 aromatic heterocycles. The number of nitrogens with two attached hydrogens (primary N) is 1. The van der Waals surface area contributed by atoms with E-state index in [4.69, 9.17) is 15.6 Å². The van der Waals surface area contributed by atoms with Gasteiger partial charge in [-0.05, 0) is 32.0 Å². The van der Waals surface area contributed by atoms with Gasteiger partial charge in [0.05, 0.1) is 0 Å². The molecule has 6 nitrogen and oxygen atoms in total. The fraction of sp³-hybridized carbons (Fsp3) is 0.385. The van der Waals surface area contributed by atoms with Crippen LogP contribution in [-0.2, 0) is 11.2 Å². The van der Waals surface area contributed by atoms with Crippen LogP contribution in [0.15, 0.2) is 17.2 Å². The Morgan fingerprint density at radius 3 is 2.79 bits per heavy atom. The summed E-state index contributed by atoms with van der Waals surface area (Å²) in [7, 11) is 0. The van der Waals surface area contributed by atoms with Crippen LogP contribution in [0.3, 0.4) is 0 Å². The standard InChI is InChI=1S/C13H17N3O3/c1-9(2)16-15-8-19-11-5-3-10(4-6-11)7-12(14)13(17)18/h3,5,12,15H,7-8,14H2,1-2H3,(H,17,18). The highest BCUT2D eigenvalue weighted by Gasteiger charge is 2.11. The van der Waals surface area contributed by atoms with Gasteiger partial charge in [-0.1, -0.05) is 6.07 Å². The molecule has 0 aliphatic rings. The Kier molecular flexibility index (Phi) is 5.64. The van der Waals surface area contributed by atoms with Crippen molar-refractivity contribution in [2.45, 2.75) is 26.3 Å². The first-order valence-electron chi connectivity index (χ1n) is 5.77. The maximum Gasteiger partial charge on any atom is 0.320 e. The van der Waals surface area contributed by atoms with Gasteiger partial charge >= 0.3 is 5.97 Å². The Morgan fingerprint density at radius 2 is 2.26 bits per heavy atom. The molecule has 0 bridgehead atoms. The SMILES string of the molecule is CC(C)=NNCOc1c#cc(CC(N)C(=O)O)cc1. The van der Waals surface area contributed by atoms with Crippen molar-refractivity contribution in [2.75, 3.05) is 6.73 Å². The van der Waals surface area contributed by atoms with E-state index in [9.17, 15) is 4.79 Å². The Morgan fingerprint density at radius 1 is 1.53 bits per heavy atom. The maximum absolute atomic E-state index is 10.6. The molecule has 0 saturated heterocycles. The zero-order valence-corrected chi connectivity index (χ0v) is 10.9. The normalized spacial score (nSPS) is 11.1. The van der Waals surface area contributed by atoms with Gasteiger partial charge in [0.15, 0.2) is 12.5 Å². The van der Waals surface area contributed by atoms with E-state index in [0.29, 0.717) is 11.3 Å². The number of ether oxygens (including phenoxy) is 1. The van der Waals surface area contributed by atoms with Crippen LogP contribution < -0.4 is 15.9 Å². The third-order valence-electron chi connectivity index (χ3n) is 2.13. The van der Waals surface area contributed by atoms with Crippen LogP contribution in [0.4, 0.5) is 0 Å². The minimum atomic E-state index is -1.04. The minimum Gasteiger partial charge on any atom is -0.480 e. The number of hydrazone groups is 1. The fourth-order valence-corrected chi connectivity index (χ4v) is 1.23. The molecule has 1 atom stereocenters. The first kappa shape index (κ1) is 14.8. The second-order valence-corrected chi connectivity index (χ2v) is 4.13. The largest absolute Gasteiger partial charge is 0.480 e. The van der Waals surface area contributed by atoms with E-state index < -0.39 is 12.0 Å². The lowest BCUT2D eigenvalue weighted by atomic mass is 10.1. The highest BCUT2D eigenvalue weighted by Crippen LogP contribution is 2.07. The van der Waals surface area contributed by atoms with Gasteiger partial charge in [0.1, 0.15) is 6.04 Å². The van der Waals surface area contributed by atoms with E-state index >= 15 is 0 Å². The molecule has 0 radical (unpaired) electrons. The van der Waals surface area contributed by atoms with E-state index in [1.54, 1.807) is 12.1 Å². The van der Waals surface area contributed by atoms with Gasteiger partial charge in [0.25, 0.3) is 0 Å². The molecular weight excluding hydrogens is 246 g/mol. The summed E-state index contributed by atoms with van der Waals surface area (Å²) in [6, 6.07) is 8.07. The lowest BCUT2D eigenvalue weighted by Crippen LogP contribution is -2.32. The molecular formula is C13H17N3O3. The number of aliphatic carboxylic acids is 1. The summed E-state index contributed by atoms with van der Waals surface area (Å²) in [5.41, 5.74) is 9.73. The van der Waals surface area contributed by atoms with Gasteiger partial charge in [-0.3, -0.25) is 10.2 Å². The first-order chi connectivity index (χ1) is 8.99. The minimum absolute atomic E-state index is 0.212. The van der Waals surface area contributed by atoms with Crippen molar-refractivity contribution >= 4 is 11.7 Å². The zero-order chi connectivity index (χ0) is 14.3. The van der Waals surface area contributed by atoms with E-state index in [0.717, 1.165) is 5.71 Å². The van der Waals surface area contributed by atoms with E-state index in [-0.39, 0.29) is 13.2 Å². The van der Waals surface area contributed by atoms with Gasteiger partial charge < -0.3 is 15.6 Å². The molecule has 19 heavy (non-hydrogen) atoms. The van der Waals surface area contributed by atoms with Crippen LogP contribution in [0.1, 0.15) is 19.4 Å². The number of carboxylic acids is 1. The maximum atomic E-state index is 10.6. The van der Waals surface area contributed by atoms with Crippen LogP contribution in [0.25, 0.3) is 0 Å². The number of carboxylic acid groups (broad SMARTS) is 1. The number of nitrogens with one attached hydrogen (secondary N) is 1. The van der Waals surface area contributed by atoms with Crippen molar-refractivity contribution in [1.29, 1.82) is 0 Å². The Balaban J connectivity index is 2.43. The fourth-order valence-electron chi connectivity index (χ4n) is 1.23. The van der Waals surface area contributed by atoms with Gasteiger partial charge in [0.2, 0.25) is 0 Å². The summed E-state index contributed by atoms with van der Waals surface area (Å²) in [6.07, 6.45) is 0.212. The summed E-state index contributed by atoms with van der Waals surface area (Å²) >= 11 is 0. The Bertz CT molecular complexity index is 439.